The number of anilines is 1. The van der Waals surface area contributed by atoms with Crippen LogP contribution in [0, 0.1) is 0 Å². The standard InChI is InChI=1S/C17H18N4O3/c22-12-3-4-14-13(10-12)18-17(15-2-1-5-21(14)15)20-8-6-19(7-9-20)11-16(23)24/h1-5,10,22H,6-9,11H2,(H,23,24). The van der Waals surface area contributed by atoms with Crippen molar-refractivity contribution in [1.82, 2.24) is 14.3 Å². The molecule has 0 unspecified atom stereocenters. The molecule has 2 aromatic heterocycles. The first-order valence-electron chi connectivity index (χ1n) is 7.91. The van der Waals surface area contributed by atoms with Crippen molar-refractivity contribution in [2.24, 2.45) is 0 Å². The van der Waals surface area contributed by atoms with E-state index in [4.69, 9.17) is 10.1 Å². The van der Waals surface area contributed by atoms with E-state index < -0.39 is 5.97 Å². The first-order valence-corrected chi connectivity index (χ1v) is 7.91. The number of carboxylic acids is 1. The summed E-state index contributed by atoms with van der Waals surface area (Å²) in [6.45, 7) is 2.92. The zero-order valence-electron chi connectivity index (χ0n) is 13.1. The predicted molar refractivity (Wildman–Crippen MR) is 90.7 cm³/mol. The number of nitrogens with zero attached hydrogens (tertiary/aromatic N) is 4. The minimum atomic E-state index is -0.795. The lowest BCUT2D eigenvalue weighted by atomic mass is 10.2. The number of rotatable bonds is 3. The van der Waals surface area contributed by atoms with Crippen molar-refractivity contribution in [1.29, 1.82) is 0 Å². The van der Waals surface area contributed by atoms with Gasteiger partial charge >= 0.3 is 5.97 Å². The molecule has 0 radical (unpaired) electrons. The molecule has 0 aliphatic carbocycles. The number of aliphatic carboxylic acids is 1. The maximum atomic E-state index is 10.8. The minimum Gasteiger partial charge on any atom is -0.508 e. The maximum Gasteiger partial charge on any atom is 0.317 e. The van der Waals surface area contributed by atoms with Crippen molar-refractivity contribution in [3.05, 3.63) is 36.5 Å². The molecule has 0 spiro atoms. The van der Waals surface area contributed by atoms with E-state index in [1.165, 1.54) is 0 Å². The number of aromatic hydroxyl groups is 1. The molecule has 7 heteroatoms. The van der Waals surface area contributed by atoms with Gasteiger partial charge < -0.3 is 19.5 Å². The fourth-order valence-electron chi connectivity index (χ4n) is 3.29. The fourth-order valence-corrected chi connectivity index (χ4v) is 3.29. The van der Waals surface area contributed by atoms with Gasteiger partial charge in [0, 0.05) is 38.4 Å². The van der Waals surface area contributed by atoms with E-state index in [1.54, 1.807) is 12.1 Å². The second kappa shape index (κ2) is 5.68. The van der Waals surface area contributed by atoms with Gasteiger partial charge in [-0.25, -0.2) is 4.98 Å². The third kappa shape index (κ3) is 2.52. The predicted octanol–water partition coefficient (Wildman–Crippen LogP) is 1.40. The van der Waals surface area contributed by atoms with Crippen molar-refractivity contribution in [3.63, 3.8) is 0 Å². The molecule has 3 aromatic rings. The summed E-state index contributed by atoms with van der Waals surface area (Å²) in [6, 6.07) is 9.19. The minimum absolute atomic E-state index is 0.0768. The largest absolute Gasteiger partial charge is 0.508 e. The number of phenols is 1. The molecule has 7 nitrogen and oxygen atoms in total. The van der Waals surface area contributed by atoms with Crippen LogP contribution >= 0.6 is 0 Å². The summed E-state index contributed by atoms with van der Waals surface area (Å²) < 4.78 is 2.07. The number of carbonyl (C=O) groups is 1. The molecule has 1 aliphatic heterocycles. The third-order valence-electron chi connectivity index (χ3n) is 4.45. The molecule has 1 fully saturated rings. The molecular formula is C17H18N4O3. The van der Waals surface area contributed by atoms with Crippen LogP contribution in [0.25, 0.3) is 16.6 Å². The maximum absolute atomic E-state index is 10.8. The highest BCUT2D eigenvalue weighted by atomic mass is 16.4. The number of fused-ring (bicyclic) bond motifs is 3. The Hall–Kier alpha value is -2.80. The molecule has 0 saturated carbocycles. The zero-order chi connectivity index (χ0) is 16.7. The van der Waals surface area contributed by atoms with Crippen molar-refractivity contribution < 1.29 is 15.0 Å². The molecule has 124 valence electrons. The Bertz CT molecular complexity index is 913. The smallest absolute Gasteiger partial charge is 0.317 e. The first-order chi connectivity index (χ1) is 11.6. The van der Waals surface area contributed by atoms with E-state index in [0.29, 0.717) is 13.1 Å². The molecule has 0 bridgehead atoms. The number of aromatic nitrogens is 2. The molecule has 2 N–H and O–H groups in total. The fraction of sp³-hybridized carbons (Fsp3) is 0.294. The van der Waals surface area contributed by atoms with E-state index in [0.717, 1.165) is 35.5 Å². The summed E-state index contributed by atoms with van der Waals surface area (Å²) in [5.41, 5.74) is 2.70. The lowest BCUT2D eigenvalue weighted by molar-refractivity contribution is -0.138. The van der Waals surface area contributed by atoms with Crippen LogP contribution in [0.3, 0.4) is 0 Å². The van der Waals surface area contributed by atoms with Crippen LogP contribution in [0.15, 0.2) is 36.5 Å². The number of hydrogen-bond acceptors (Lipinski definition) is 5. The number of hydrogen-bond donors (Lipinski definition) is 2. The Morgan fingerprint density at radius 2 is 1.92 bits per heavy atom. The Morgan fingerprint density at radius 3 is 2.67 bits per heavy atom. The molecule has 24 heavy (non-hydrogen) atoms. The van der Waals surface area contributed by atoms with Gasteiger partial charge in [0.05, 0.1) is 23.1 Å². The molecule has 1 aromatic carbocycles. The van der Waals surface area contributed by atoms with Crippen molar-refractivity contribution in [3.8, 4) is 5.75 Å². The third-order valence-corrected chi connectivity index (χ3v) is 4.45. The molecule has 1 saturated heterocycles. The quantitative estimate of drug-likeness (QED) is 0.757. The van der Waals surface area contributed by atoms with Gasteiger partial charge in [-0.15, -0.1) is 0 Å². The van der Waals surface area contributed by atoms with Crippen LogP contribution in [0.1, 0.15) is 0 Å². The topological polar surface area (TPSA) is 81.3 Å². The number of carboxylic acid groups (broad SMARTS) is 1. The van der Waals surface area contributed by atoms with Gasteiger partial charge in [-0.05, 0) is 24.3 Å². The SMILES string of the molecule is O=C(O)CN1CCN(c2nc3cc(O)ccc3n3cccc23)CC1. The van der Waals surface area contributed by atoms with E-state index in [2.05, 4.69) is 9.30 Å². The second-order valence-electron chi connectivity index (χ2n) is 6.03. The lowest BCUT2D eigenvalue weighted by Crippen LogP contribution is -2.48. The summed E-state index contributed by atoms with van der Waals surface area (Å²) in [6.07, 6.45) is 1.99. The normalized spacial score (nSPS) is 16.1. The molecular weight excluding hydrogens is 308 g/mol. The lowest BCUT2D eigenvalue weighted by Gasteiger charge is -2.35. The molecule has 0 amide bonds. The van der Waals surface area contributed by atoms with Crippen molar-refractivity contribution in [2.45, 2.75) is 0 Å². The van der Waals surface area contributed by atoms with Gasteiger partial charge in [0.25, 0.3) is 0 Å². The van der Waals surface area contributed by atoms with Gasteiger partial charge in [0.1, 0.15) is 5.75 Å². The highest BCUT2D eigenvalue weighted by Gasteiger charge is 2.22. The van der Waals surface area contributed by atoms with E-state index in [9.17, 15) is 9.90 Å². The van der Waals surface area contributed by atoms with E-state index in [1.807, 2.05) is 29.3 Å². The van der Waals surface area contributed by atoms with Gasteiger partial charge in [0.2, 0.25) is 0 Å². The zero-order valence-corrected chi connectivity index (χ0v) is 13.1. The first kappa shape index (κ1) is 14.8. The average molecular weight is 326 g/mol. The van der Waals surface area contributed by atoms with Gasteiger partial charge in [0.15, 0.2) is 5.82 Å². The van der Waals surface area contributed by atoms with Crippen LogP contribution in [0.4, 0.5) is 5.82 Å². The van der Waals surface area contributed by atoms with Gasteiger partial charge in [-0.2, -0.15) is 0 Å². The number of benzene rings is 1. The van der Waals surface area contributed by atoms with Crippen LogP contribution in [-0.2, 0) is 4.79 Å². The molecule has 3 heterocycles. The molecule has 1 aliphatic rings. The molecule has 4 rings (SSSR count). The van der Waals surface area contributed by atoms with Crippen LogP contribution < -0.4 is 4.90 Å². The monoisotopic (exact) mass is 326 g/mol. The average Bonchev–Trinajstić information content (AvgIpc) is 3.04. The Kier molecular flexibility index (Phi) is 3.50. The summed E-state index contributed by atoms with van der Waals surface area (Å²) in [5.74, 6) is 0.267. The summed E-state index contributed by atoms with van der Waals surface area (Å²) in [7, 11) is 0. The molecule has 0 atom stereocenters. The van der Waals surface area contributed by atoms with Crippen LogP contribution in [0.5, 0.6) is 5.75 Å². The van der Waals surface area contributed by atoms with Gasteiger partial charge in [-0.1, -0.05) is 0 Å². The van der Waals surface area contributed by atoms with Gasteiger partial charge in [-0.3, -0.25) is 9.69 Å². The van der Waals surface area contributed by atoms with Crippen molar-refractivity contribution >= 4 is 28.3 Å². The van der Waals surface area contributed by atoms with Crippen LogP contribution in [0.2, 0.25) is 0 Å². The Morgan fingerprint density at radius 1 is 1.12 bits per heavy atom. The number of phenolic OH excluding ortho intramolecular Hbond substituents is 1. The highest BCUT2D eigenvalue weighted by molar-refractivity contribution is 5.86. The van der Waals surface area contributed by atoms with E-state index in [-0.39, 0.29) is 12.3 Å². The highest BCUT2D eigenvalue weighted by Crippen LogP contribution is 2.27. The number of piperazine rings is 1. The summed E-state index contributed by atoms with van der Waals surface area (Å²) in [4.78, 5) is 19.7. The van der Waals surface area contributed by atoms with E-state index >= 15 is 0 Å². The Labute approximate surface area is 138 Å². The van der Waals surface area contributed by atoms with Crippen molar-refractivity contribution in [2.75, 3.05) is 37.6 Å². The van der Waals surface area contributed by atoms with Crippen LogP contribution in [-0.4, -0.2) is 63.2 Å². The summed E-state index contributed by atoms with van der Waals surface area (Å²) in [5, 5.41) is 18.7. The Balaban J connectivity index is 1.71. The summed E-state index contributed by atoms with van der Waals surface area (Å²) >= 11 is 0. The second-order valence-corrected chi connectivity index (χ2v) is 6.03.